The van der Waals surface area contributed by atoms with Crippen LogP contribution < -0.4 is 0 Å². The maximum atomic E-state index is 9.67. The Labute approximate surface area is 151 Å². The summed E-state index contributed by atoms with van der Waals surface area (Å²) >= 11 is 0. The number of nitrogens with zero attached hydrogens (tertiary/aromatic N) is 2. The fourth-order valence-electron chi connectivity index (χ4n) is 2.53. The lowest BCUT2D eigenvalue weighted by molar-refractivity contribution is 0.143. The second-order valence-corrected chi connectivity index (χ2v) is 7.30. The molecule has 3 nitrogen and oxygen atoms in total. The highest BCUT2D eigenvalue weighted by Gasteiger charge is 2.11. The molecule has 2 aromatic rings. The van der Waals surface area contributed by atoms with Gasteiger partial charge in [0.05, 0.1) is 0 Å². The summed E-state index contributed by atoms with van der Waals surface area (Å²) in [5.74, 6) is 5.84. The van der Waals surface area contributed by atoms with Crippen LogP contribution in [0.2, 0.25) is 0 Å². The molecular formula is C22H28N2O. The van der Waals surface area contributed by atoms with E-state index in [0.717, 1.165) is 24.2 Å². The van der Waals surface area contributed by atoms with Crippen LogP contribution in [-0.4, -0.2) is 33.7 Å². The number of pyridine rings is 1. The van der Waals surface area contributed by atoms with Crippen LogP contribution in [0, 0.1) is 18.8 Å². The van der Waals surface area contributed by atoms with Crippen LogP contribution in [0.3, 0.4) is 0 Å². The number of aliphatic hydroxyl groups is 1. The third-order valence-electron chi connectivity index (χ3n) is 4.13. The Balaban J connectivity index is 1.95. The van der Waals surface area contributed by atoms with Crippen molar-refractivity contribution in [2.24, 2.45) is 0 Å². The van der Waals surface area contributed by atoms with Gasteiger partial charge in [-0.2, -0.15) is 0 Å². The van der Waals surface area contributed by atoms with Gasteiger partial charge in [-0.1, -0.05) is 24.0 Å². The SMILES string of the molecule is Cc1ccnc(C[C@@H](C)N(C)Cc2ccc(C#CC(C)(C)O)cc2)c1. The first kappa shape index (κ1) is 19.2. The predicted molar refractivity (Wildman–Crippen MR) is 103 cm³/mol. The molecule has 0 saturated carbocycles. The van der Waals surface area contributed by atoms with Gasteiger partial charge in [0.15, 0.2) is 0 Å². The largest absolute Gasteiger partial charge is 0.378 e. The number of rotatable bonds is 5. The molecule has 1 heterocycles. The van der Waals surface area contributed by atoms with E-state index in [9.17, 15) is 5.11 Å². The van der Waals surface area contributed by atoms with E-state index in [2.05, 4.69) is 60.8 Å². The zero-order chi connectivity index (χ0) is 18.4. The smallest absolute Gasteiger partial charge is 0.120 e. The minimum atomic E-state index is -0.960. The maximum absolute atomic E-state index is 9.67. The molecular weight excluding hydrogens is 308 g/mol. The van der Waals surface area contributed by atoms with E-state index in [4.69, 9.17) is 0 Å². The number of likely N-dealkylation sites (N-methyl/N-ethyl adjacent to an activating group) is 1. The summed E-state index contributed by atoms with van der Waals surface area (Å²) in [4.78, 5) is 6.79. The third-order valence-corrected chi connectivity index (χ3v) is 4.13. The van der Waals surface area contributed by atoms with Crippen molar-refractivity contribution in [3.05, 3.63) is 65.0 Å². The average Bonchev–Trinajstić information content (AvgIpc) is 2.53. The molecule has 1 aromatic carbocycles. The van der Waals surface area contributed by atoms with Gasteiger partial charge >= 0.3 is 0 Å². The van der Waals surface area contributed by atoms with Crippen LogP contribution in [0.1, 0.15) is 43.2 Å². The van der Waals surface area contributed by atoms with Crippen LogP contribution in [0.4, 0.5) is 0 Å². The second-order valence-electron chi connectivity index (χ2n) is 7.30. The van der Waals surface area contributed by atoms with E-state index in [-0.39, 0.29) is 0 Å². The predicted octanol–water partition coefficient (Wildman–Crippen LogP) is 3.58. The molecule has 0 fully saturated rings. The standard InChI is InChI=1S/C22H28N2O/c1-17-11-13-23-21(14-17)15-18(2)24(5)16-20-8-6-19(7-9-20)10-12-22(3,4)25/h6-9,11,13-14,18,25H,15-16H2,1-5H3/t18-/m1/s1. The summed E-state index contributed by atoms with van der Waals surface area (Å²) in [5.41, 5.74) is 3.60. The van der Waals surface area contributed by atoms with E-state index in [1.807, 2.05) is 24.4 Å². The van der Waals surface area contributed by atoms with Gasteiger partial charge in [-0.15, -0.1) is 0 Å². The van der Waals surface area contributed by atoms with Gasteiger partial charge in [0.25, 0.3) is 0 Å². The fraction of sp³-hybridized carbons (Fsp3) is 0.409. The molecule has 0 spiro atoms. The average molecular weight is 336 g/mol. The Hall–Kier alpha value is -2.15. The highest BCUT2D eigenvalue weighted by atomic mass is 16.3. The van der Waals surface area contributed by atoms with E-state index in [1.165, 1.54) is 11.1 Å². The van der Waals surface area contributed by atoms with Crippen molar-refractivity contribution in [3.63, 3.8) is 0 Å². The molecule has 0 radical (unpaired) electrons. The zero-order valence-corrected chi connectivity index (χ0v) is 15.9. The summed E-state index contributed by atoms with van der Waals surface area (Å²) in [6.45, 7) is 8.59. The van der Waals surface area contributed by atoms with E-state index >= 15 is 0 Å². The van der Waals surface area contributed by atoms with Crippen LogP contribution in [0.15, 0.2) is 42.6 Å². The highest BCUT2D eigenvalue weighted by molar-refractivity contribution is 5.37. The number of hydrogen-bond donors (Lipinski definition) is 1. The number of hydrogen-bond acceptors (Lipinski definition) is 3. The summed E-state index contributed by atoms with van der Waals surface area (Å²) in [6, 6.07) is 12.8. The Morgan fingerprint density at radius 2 is 1.88 bits per heavy atom. The minimum Gasteiger partial charge on any atom is -0.378 e. The van der Waals surface area contributed by atoms with Gasteiger partial charge in [0.2, 0.25) is 0 Å². The third kappa shape index (κ3) is 6.70. The monoisotopic (exact) mass is 336 g/mol. The van der Waals surface area contributed by atoms with Crippen molar-refractivity contribution in [1.82, 2.24) is 9.88 Å². The summed E-state index contributed by atoms with van der Waals surface area (Å²) < 4.78 is 0. The van der Waals surface area contributed by atoms with Crippen molar-refractivity contribution in [2.75, 3.05) is 7.05 Å². The molecule has 0 aliphatic carbocycles. The van der Waals surface area contributed by atoms with Gasteiger partial charge in [0.1, 0.15) is 5.60 Å². The second kappa shape index (κ2) is 8.29. The fourth-order valence-corrected chi connectivity index (χ4v) is 2.53. The number of benzene rings is 1. The van der Waals surface area contributed by atoms with E-state index in [1.54, 1.807) is 13.8 Å². The molecule has 0 amide bonds. The van der Waals surface area contributed by atoms with Crippen molar-refractivity contribution in [2.45, 2.75) is 52.3 Å². The summed E-state index contributed by atoms with van der Waals surface area (Å²) in [6.07, 6.45) is 2.82. The van der Waals surface area contributed by atoms with Gasteiger partial charge in [-0.25, -0.2) is 0 Å². The highest BCUT2D eigenvalue weighted by Crippen LogP contribution is 2.12. The molecule has 132 valence electrons. The minimum absolute atomic E-state index is 0.406. The molecule has 1 N–H and O–H groups in total. The Kier molecular flexibility index (Phi) is 6.36. The number of aromatic nitrogens is 1. The molecule has 0 bridgehead atoms. The first-order valence-corrected chi connectivity index (χ1v) is 8.69. The van der Waals surface area contributed by atoms with E-state index in [0.29, 0.717) is 6.04 Å². The van der Waals surface area contributed by atoms with Gasteiger partial charge in [-0.3, -0.25) is 9.88 Å². The zero-order valence-electron chi connectivity index (χ0n) is 15.9. The molecule has 0 aliphatic rings. The normalized spacial score (nSPS) is 12.6. The lowest BCUT2D eigenvalue weighted by Gasteiger charge is -2.24. The van der Waals surface area contributed by atoms with Gasteiger partial charge in [-0.05, 0) is 70.1 Å². The molecule has 25 heavy (non-hydrogen) atoms. The van der Waals surface area contributed by atoms with Crippen LogP contribution in [0.5, 0.6) is 0 Å². The molecule has 0 aliphatic heterocycles. The molecule has 1 aromatic heterocycles. The molecule has 3 heteroatoms. The Morgan fingerprint density at radius 1 is 1.20 bits per heavy atom. The van der Waals surface area contributed by atoms with Crippen molar-refractivity contribution in [3.8, 4) is 11.8 Å². The quantitative estimate of drug-likeness (QED) is 0.848. The van der Waals surface area contributed by atoms with Gasteiger partial charge in [0, 0.05) is 36.5 Å². The molecule has 0 saturated heterocycles. The molecule has 2 rings (SSSR count). The van der Waals surface area contributed by atoms with Crippen molar-refractivity contribution < 1.29 is 5.11 Å². The van der Waals surface area contributed by atoms with Crippen molar-refractivity contribution >= 4 is 0 Å². The lowest BCUT2D eigenvalue weighted by atomic mass is 10.1. The summed E-state index contributed by atoms with van der Waals surface area (Å²) in [5, 5.41) is 9.67. The first-order valence-electron chi connectivity index (χ1n) is 8.69. The van der Waals surface area contributed by atoms with Gasteiger partial charge < -0.3 is 5.11 Å². The Bertz CT molecular complexity index is 748. The van der Waals surface area contributed by atoms with Crippen molar-refractivity contribution in [1.29, 1.82) is 0 Å². The van der Waals surface area contributed by atoms with E-state index < -0.39 is 5.60 Å². The maximum Gasteiger partial charge on any atom is 0.120 e. The Morgan fingerprint density at radius 3 is 2.48 bits per heavy atom. The summed E-state index contributed by atoms with van der Waals surface area (Å²) in [7, 11) is 2.14. The van der Waals surface area contributed by atoms with Crippen LogP contribution in [0.25, 0.3) is 0 Å². The molecule has 0 unspecified atom stereocenters. The lowest BCUT2D eigenvalue weighted by Crippen LogP contribution is -2.30. The first-order chi connectivity index (χ1) is 11.7. The topological polar surface area (TPSA) is 36.4 Å². The molecule has 1 atom stereocenters. The van der Waals surface area contributed by atoms with Crippen LogP contribution in [-0.2, 0) is 13.0 Å². The number of aryl methyl sites for hydroxylation is 1. The van der Waals surface area contributed by atoms with Crippen LogP contribution >= 0.6 is 0 Å².